The Kier molecular flexibility index (Phi) is 11.9. The number of aliphatic hydroxyl groups excluding tert-OH is 3. The van der Waals surface area contributed by atoms with Crippen LogP contribution in [-0.2, 0) is 28.7 Å². The van der Waals surface area contributed by atoms with Gasteiger partial charge in [-0.05, 0) is 0 Å². The van der Waals surface area contributed by atoms with E-state index >= 15 is 0 Å². The van der Waals surface area contributed by atoms with Crippen molar-refractivity contribution < 1.29 is 118 Å². The molecule has 0 fully saturated rings. The van der Waals surface area contributed by atoms with E-state index in [2.05, 4.69) is 9.47 Å². The Morgan fingerprint density at radius 2 is 1.77 bits per heavy atom. The third-order valence-electron chi connectivity index (χ3n) is 2.93. The van der Waals surface area contributed by atoms with Crippen molar-refractivity contribution in [2.45, 2.75) is 30.7 Å². The van der Waals surface area contributed by atoms with Gasteiger partial charge >= 0.3 is 71.1 Å². The summed E-state index contributed by atoms with van der Waals surface area (Å²) in [6.07, 6.45) is -6.46. The minimum absolute atomic E-state index is 0. The molecule has 3 atom stereocenters. The van der Waals surface area contributed by atoms with Crippen LogP contribution in [0.3, 0.4) is 0 Å². The van der Waals surface area contributed by atoms with Crippen molar-refractivity contribution in [3.63, 3.8) is 0 Å². The van der Waals surface area contributed by atoms with Crippen LogP contribution in [0.1, 0.15) is 12.8 Å². The topological polar surface area (TPSA) is 214 Å². The van der Waals surface area contributed by atoms with Gasteiger partial charge in [-0.3, -0.25) is 4.79 Å². The molecule has 26 heavy (non-hydrogen) atoms. The van der Waals surface area contributed by atoms with Crippen LogP contribution in [0, 0.1) is 0 Å². The normalized spacial score (nSPS) is 19.3. The third kappa shape index (κ3) is 6.79. The van der Waals surface area contributed by atoms with E-state index in [0.29, 0.717) is 0 Å². The molecule has 0 aliphatic carbocycles. The van der Waals surface area contributed by atoms with Crippen molar-refractivity contribution in [1.29, 1.82) is 0 Å². The maximum atomic E-state index is 11.7. The summed E-state index contributed by atoms with van der Waals surface area (Å²) in [6, 6.07) is 0. The van der Waals surface area contributed by atoms with Gasteiger partial charge in [0.15, 0.2) is 6.10 Å². The maximum Gasteiger partial charge on any atom is 1.00 e. The molecule has 0 aromatic heterocycles. The molecule has 1 rings (SSSR count). The Hall–Kier alpha value is -0.700. The summed E-state index contributed by atoms with van der Waals surface area (Å²) in [4.78, 5) is 44.1. The van der Waals surface area contributed by atoms with Gasteiger partial charge in [0.25, 0.3) is 0 Å². The molecule has 0 radical (unpaired) electrons. The predicted molar refractivity (Wildman–Crippen MR) is 62.9 cm³/mol. The number of esters is 2. The minimum atomic E-state index is -3.17. The van der Waals surface area contributed by atoms with Gasteiger partial charge in [0, 0.05) is 12.4 Å². The van der Waals surface area contributed by atoms with Crippen molar-refractivity contribution >= 4 is 23.9 Å². The summed E-state index contributed by atoms with van der Waals surface area (Å²) in [5.74, 6) is -9.42. The van der Waals surface area contributed by atoms with Crippen LogP contribution in [0.25, 0.3) is 0 Å². The fourth-order valence-electron chi connectivity index (χ4n) is 1.76. The van der Waals surface area contributed by atoms with E-state index in [4.69, 9.17) is 5.11 Å². The molecule has 0 saturated heterocycles. The third-order valence-corrected chi connectivity index (χ3v) is 2.93. The zero-order chi connectivity index (χ0) is 18.7. The first-order chi connectivity index (χ1) is 11.0. The number of ether oxygens (including phenoxy) is 2. The molecule has 4 N–H and O–H groups in total. The zero-order valence-corrected chi connectivity index (χ0v) is 17.8. The molecule has 0 amide bonds. The minimum Gasteiger partial charge on any atom is -0.550 e. The number of carboxylic acids is 2. The SMILES string of the molecule is O=C([O-])CC(O)(CC(=O)OC1=C(O)C(=O)O[C@@H]1[C@@H](O)CO)C(=O)[O-].[Na+].[Na+]. The molecule has 1 aliphatic rings. The molecule has 1 heterocycles. The number of aliphatic carboxylic acids is 2. The average Bonchev–Trinajstić information content (AvgIpc) is 2.73. The summed E-state index contributed by atoms with van der Waals surface area (Å²) < 4.78 is 8.90. The first-order valence-corrected chi connectivity index (χ1v) is 6.29. The monoisotopic (exact) mass is 394 g/mol. The summed E-state index contributed by atoms with van der Waals surface area (Å²) in [5.41, 5.74) is -3.17. The van der Waals surface area contributed by atoms with Crippen LogP contribution < -0.4 is 69.3 Å². The summed E-state index contributed by atoms with van der Waals surface area (Å²) in [6.45, 7) is -0.944. The van der Waals surface area contributed by atoms with Crippen LogP contribution in [-0.4, -0.2) is 68.7 Å². The molecule has 1 unspecified atom stereocenters. The second kappa shape index (κ2) is 11.2. The summed E-state index contributed by atoms with van der Waals surface area (Å²) in [7, 11) is 0. The standard InChI is InChI=1S/C12H14O12.2Na/c13-3-4(14)8-9(7(18)10(19)24-8)23-6(17)2-12(22,11(20)21)1-5(15)16;;/h4,8,13-14,18,22H,1-3H2,(H,15,16)(H,20,21);;/q;2*+1/p-2/t4-,8+,12?;;/m0../s1. The van der Waals surface area contributed by atoms with E-state index in [9.17, 15) is 44.7 Å². The van der Waals surface area contributed by atoms with Gasteiger partial charge in [-0.15, -0.1) is 0 Å². The van der Waals surface area contributed by atoms with Gasteiger partial charge in [0.2, 0.25) is 11.5 Å². The van der Waals surface area contributed by atoms with Crippen LogP contribution in [0.5, 0.6) is 0 Å². The van der Waals surface area contributed by atoms with Crippen LogP contribution in [0.4, 0.5) is 0 Å². The van der Waals surface area contributed by atoms with E-state index < -0.39 is 72.7 Å². The molecular formula is C12H12Na2O12. The molecule has 0 saturated carbocycles. The summed E-state index contributed by atoms with van der Waals surface area (Å²) >= 11 is 0. The van der Waals surface area contributed by atoms with E-state index in [1.165, 1.54) is 0 Å². The number of carbonyl (C=O) groups excluding carboxylic acids is 4. The van der Waals surface area contributed by atoms with Crippen molar-refractivity contribution in [3.05, 3.63) is 11.5 Å². The van der Waals surface area contributed by atoms with Crippen LogP contribution >= 0.6 is 0 Å². The van der Waals surface area contributed by atoms with E-state index in [1.807, 2.05) is 0 Å². The number of aliphatic hydroxyl groups is 4. The van der Waals surface area contributed by atoms with E-state index in [1.54, 1.807) is 0 Å². The Labute approximate surface area is 190 Å². The number of carboxylic acid groups (broad SMARTS) is 2. The molecule has 0 aromatic carbocycles. The van der Waals surface area contributed by atoms with Gasteiger partial charge < -0.3 is 49.7 Å². The zero-order valence-electron chi connectivity index (χ0n) is 13.8. The van der Waals surface area contributed by atoms with Crippen molar-refractivity contribution in [2.24, 2.45) is 0 Å². The van der Waals surface area contributed by atoms with Gasteiger partial charge in [-0.25, -0.2) is 4.79 Å². The van der Waals surface area contributed by atoms with Gasteiger partial charge in [-0.1, -0.05) is 0 Å². The average molecular weight is 394 g/mol. The molecule has 12 nitrogen and oxygen atoms in total. The van der Waals surface area contributed by atoms with Gasteiger partial charge in [0.1, 0.15) is 11.7 Å². The molecule has 1 aliphatic heterocycles. The van der Waals surface area contributed by atoms with Crippen molar-refractivity contribution in [2.75, 3.05) is 6.61 Å². The fraction of sp³-hybridized carbons (Fsp3) is 0.500. The second-order valence-electron chi connectivity index (χ2n) is 4.81. The number of hydrogen-bond donors (Lipinski definition) is 4. The van der Waals surface area contributed by atoms with Gasteiger partial charge in [-0.2, -0.15) is 0 Å². The number of rotatable bonds is 8. The Morgan fingerprint density at radius 1 is 1.23 bits per heavy atom. The Morgan fingerprint density at radius 3 is 2.19 bits per heavy atom. The predicted octanol–water partition coefficient (Wildman–Crippen LogP) is -11.4. The molecule has 0 aromatic rings. The Balaban J connectivity index is 0. The quantitative estimate of drug-likeness (QED) is 0.223. The summed E-state index contributed by atoms with van der Waals surface area (Å²) in [5, 5.41) is 58.4. The largest absolute Gasteiger partial charge is 1.00 e. The van der Waals surface area contributed by atoms with Gasteiger partial charge in [0.05, 0.1) is 19.0 Å². The molecular weight excluding hydrogens is 382 g/mol. The number of hydrogen-bond acceptors (Lipinski definition) is 12. The van der Waals surface area contributed by atoms with E-state index in [-0.39, 0.29) is 59.1 Å². The fourth-order valence-corrected chi connectivity index (χ4v) is 1.76. The first-order valence-electron chi connectivity index (χ1n) is 6.29. The van der Waals surface area contributed by atoms with Crippen molar-refractivity contribution in [1.82, 2.24) is 0 Å². The number of carbonyl (C=O) groups is 4. The molecule has 14 heteroatoms. The van der Waals surface area contributed by atoms with Crippen LogP contribution in [0.15, 0.2) is 11.5 Å². The van der Waals surface area contributed by atoms with E-state index in [0.717, 1.165) is 0 Å². The smallest absolute Gasteiger partial charge is 0.550 e. The maximum absolute atomic E-state index is 11.7. The first kappa shape index (κ1) is 27.5. The molecule has 0 bridgehead atoms. The molecule has 134 valence electrons. The second-order valence-corrected chi connectivity index (χ2v) is 4.81. The number of cyclic esters (lactones) is 1. The molecule has 0 spiro atoms. The van der Waals surface area contributed by atoms with Crippen LogP contribution in [0.2, 0.25) is 0 Å². The van der Waals surface area contributed by atoms with Crippen molar-refractivity contribution in [3.8, 4) is 0 Å². The Bertz CT molecular complexity index is 603.